The van der Waals surface area contributed by atoms with Gasteiger partial charge in [0.2, 0.25) is 0 Å². The van der Waals surface area contributed by atoms with Crippen LogP contribution < -0.4 is 5.56 Å². The highest BCUT2D eigenvalue weighted by atomic mass is 16.5. The number of nitrogens with zero attached hydrogens (tertiary/aromatic N) is 1. The molecule has 3 rings (SSSR count). The third kappa shape index (κ3) is 1.81. The summed E-state index contributed by atoms with van der Waals surface area (Å²) in [6.45, 7) is 1.10. The molecule has 80 valence electrons. The lowest BCUT2D eigenvalue weighted by atomic mass is 10.1. The molecule has 1 aliphatic carbocycles. The molecule has 1 aromatic heterocycles. The molecule has 1 N–H and O–H groups in total. The highest BCUT2D eigenvalue weighted by Gasteiger charge is 2.24. The Morgan fingerprint density at radius 2 is 2.33 bits per heavy atom. The molecule has 0 aromatic carbocycles. The van der Waals surface area contributed by atoms with Gasteiger partial charge in [-0.3, -0.25) is 4.79 Å². The molecule has 1 aliphatic heterocycles. The van der Waals surface area contributed by atoms with Gasteiger partial charge in [0.15, 0.2) is 0 Å². The minimum absolute atomic E-state index is 0.00431. The summed E-state index contributed by atoms with van der Waals surface area (Å²) in [5.74, 6) is 1.62. The van der Waals surface area contributed by atoms with E-state index in [0.717, 1.165) is 35.8 Å². The van der Waals surface area contributed by atoms with Crippen LogP contribution in [0.15, 0.2) is 4.79 Å². The van der Waals surface area contributed by atoms with E-state index in [2.05, 4.69) is 9.97 Å². The average molecular weight is 206 g/mol. The summed E-state index contributed by atoms with van der Waals surface area (Å²) in [5.41, 5.74) is 1.66. The Kier molecular flexibility index (Phi) is 2.09. The quantitative estimate of drug-likeness (QED) is 0.778. The Labute approximate surface area is 87.7 Å². The van der Waals surface area contributed by atoms with E-state index in [0.29, 0.717) is 13.2 Å². The van der Waals surface area contributed by atoms with Crippen molar-refractivity contribution >= 4 is 0 Å². The van der Waals surface area contributed by atoms with Crippen LogP contribution in [0.1, 0.15) is 29.9 Å². The molecule has 0 saturated heterocycles. The zero-order valence-electron chi connectivity index (χ0n) is 8.58. The standard InChI is InChI=1S/C11H14N2O2/c14-11-8-6-15-4-3-9(8)12-10(13-11)5-7-1-2-7/h7H,1-6H2,(H,12,13,14). The van der Waals surface area contributed by atoms with Crippen LogP contribution >= 0.6 is 0 Å². The monoisotopic (exact) mass is 206 g/mol. The molecule has 2 heterocycles. The molecule has 0 amide bonds. The third-order valence-corrected chi connectivity index (χ3v) is 3.06. The van der Waals surface area contributed by atoms with E-state index in [1.54, 1.807) is 0 Å². The highest BCUT2D eigenvalue weighted by molar-refractivity contribution is 5.19. The first-order chi connectivity index (χ1) is 7.33. The molecular formula is C11H14N2O2. The molecule has 1 saturated carbocycles. The number of hydrogen-bond donors (Lipinski definition) is 1. The second kappa shape index (κ2) is 3.45. The number of ether oxygens (including phenoxy) is 1. The van der Waals surface area contributed by atoms with Crippen molar-refractivity contribution in [2.24, 2.45) is 5.92 Å². The zero-order valence-corrected chi connectivity index (χ0v) is 8.58. The molecule has 1 aromatic rings. The van der Waals surface area contributed by atoms with Crippen molar-refractivity contribution in [3.63, 3.8) is 0 Å². The summed E-state index contributed by atoms with van der Waals surface area (Å²) in [7, 11) is 0. The van der Waals surface area contributed by atoms with Crippen LogP contribution in [0.25, 0.3) is 0 Å². The maximum Gasteiger partial charge on any atom is 0.256 e. The van der Waals surface area contributed by atoms with Gasteiger partial charge in [-0.1, -0.05) is 0 Å². The number of aromatic amines is 1. The van der Waals surface area contributed by atoms with Crippen molar-refractivity contribution in [1.29, 1.82) is 0 Å². The van der Waals surface area contributed by atoms with Gasteiger partial charge in [0.25, 0.3) is 5.56 Å². The normalized spacial score (nSPS) is 20.0. The minimum atomic E-state index is -0.00431. The lowest BCUT2D eigenvalue weighted by Crippen LogP contribution is -2.25. The van der Waals surface area contributed by atoms with Crippen LogP contribution in [-0.2, 0) is 24.2 Å². The minimum Gasteiger partial charge on any atom is -0.376 e. The molecule has 0 bridgehead atoms. The summed E-state index contributed by atoms with van der Waals surface area (Å²) in [4.78, 5) is 19.1. The average Bonchev–Trinajstić information content (AvgIpc) is 3.02. The Balaban J connectivity index is 1.96. The van der Waals surface area contributed by atoms with E-state index >= 15 is 0 Å². The largest absolute Gasteiger partial charge is 0.376 e. The van der Waals surface area contributed by atoms with Crippen molar-refractivity contribution in [2.45, 2.75) is 32.3 Å². The van der Waals surface area contributed by atoms with Crippen molar-refractivity contribution in [3.05, 3.63) is 27.4 Å². The van der Waals surface area contributed by atoms with E-state index in [1.165, 1.54) is 12.8 Å². The van der Waals surface area contributed by atoms with Gasteiger partial charge >= 0.3 is 0 Å². The SMILES string of the molecule is O=c1[nH]c(CC2CC2)nc2c1COCC2. The summed E-state index contributed by atoms with van der Waals surface area (Å²) >= 11 is 0. The molecule has 2 aliphatic rings. The van der Waals surface area contributed by atoms with Crippen LogP contribution in [0.2, 0.25) is 0 Å². The van der Waals surface area contributed by atoms with Crippen molar-refractivity contribution in [3.8, 4) is 0 Å². The van der Waals surface area contributed by atoms with E-state index in [4.69, 9.17) is 4.74 Å². The maximum atomic E-state index is 11.7. The lowest BCUT2D eigenvalue weighted by molar-refractivity contribution is 0.108. The number of nitrogens with one attached hydrogen (secondary N) is 1. The van der Waals surface area contributed by atoms with Gasteiger partial charge in [-0.15, -0.1) is 0 Å². The van der Waals surface area contributed by atoms with Crippen LogP contribution in [0.4, 0.5) is 0 Å². The Bertz CT molecular complexity index is 435. The maximum absolute atomic E-state index is 11.7. The number of aromatic nitrogens is 2. The molecular weight excluding hydrogens is 192 g/mol. The van der Waals surface area contributed by atoms with Gasteiger partial charge in [-0.05, 0) is 18.8 Å². The first kappa shape index (κ1) is 9.09. The summed E-state index contributed by atoms with van der Waals surface area (Å²) in [6, 6.07) is 0. The topological polar surface area (TPSA) is 55.0 Å². The molecule has 4 heteroatoms. The predicted octanol–water partition coefficient (Wildman–Crippen LogP) is 0.795. The number of fused-ring (bicyclic) bond motifs is 1. The van der Waals surface area contributed by atoms with Gasteiger partial charge in [0, 0.05) is 12.8 Å². The summed E-state index contributed by atoms with van der Waals surface area (Å²) in [5, 5.41) is 0. The zero-order chi connectivity index (χ0) is 10.3. The summed E-state index contributed by atoms with van der Waals surface area (Å²) < 4.78 is 5.25. The van der Waals surface area contributed by atoms with E-state index in [-0.39, 0.29) is 5.56 Å². The third-order valence-electron chi connectivity index (χ3n) is 3.06. The van der Waals surface area contributed by atoms with Crippen LogP contribution in [0.3, 0.4) is 0 Å². The molecule has 15 heavy (non-hydrogen) atoms. The van der Waals surface area contributed by atoms with Gasteiger partial charge in [-0.25, -0.2) is 4.98 Å². The van der Waals surface area contributed by atoms with Crippen LogP contribution in [-0.4, -0.2) is 16.6 Å². The van der Waals surface area contributed by atoms with Crippen molar-refractivity contribution < 1.29 is 4.74 Å². The smallest absolute Gasteiger partial charge is 0.256 e. The lowest BCUT2D eigenvalue weighted by Gasteiger charge is -2.15. The molecule has 0 spiro atoms. The second-order valence-corrected chi connectivity index (χ2v) is 4.39. The number of hydrogen-bond acceptors (Lipinski definition) is 3. The van der Waals surface area contributed by atoms with Gasteiger partial charge in [0.05, 0.1) is 24.5 Å². The van der Waals surface area contributed by atoms with Crippen molar-refractivity contribution in [1.82, 2.24) is 9.97 Å². The molecule has 0 atom stereocenters. The molecule has 0 radical (unpaired) electrons. The van der Waals surface area contributed by atoms with Crippen molar-refractivity contribution in [2.75, 3.05) is 6.61 Å². The van der Waals surface area contributed by atoms with Gasteiger partial charge < -0.3 is 9.72 Å². The first-order valence-corrected chi connectivity index (χ1v) is 5.51. The Morgan fingerprint density at radius 1 is 1.47 bits per heavy atom. The van der Waals surface area contributed by atoms with Gasteiger partial charge in [-0.2, -0.15) is 0 Å². The fourth-order valence-electron chi connectivity index (χ4n) is 1.99. The van der Waals surface area contributed by atoms with Gasteiger partial charge in [0.1, 0.15) is 5.82 Å². The summed E-state index contributed by atoms with van der Waals surface area (Å²) in [6.07, 6.45) is 4.27. The molecule has 4 nitrogen and oxygen atoms in total. The van der Waals surface area contributed by atoms with Crippen LogP contribution in [0.5, 0.6) is 0 Å². The first-order valence-electron chi connectivity index (χ1n) is 5.51. The molecule has 0 unspecified atom stereocenters. The molecule has 1 fully saturated rings. The number of H-pyrrole nitrogens is 1. The van der Waals surface area contributed by atoms with Crippen LogP contribution in [0, 0.1) is 5.92 Å². The fourth-order valence-corrected chi connectivity index (χ4v) is 1.99. The van der Waals surface area contributed by atoms with E-state index in [1.807, 2.05) is 0 Å². The van der Waals surface area contributed by atoms with E-state index in [9.17, 15) is 4.79 Å². The fraction of sp³-hybridized carbons (Fsp3) is 0.636. The second-order valence-electron chi connectivity index (χ2n) is 4.39. The van der Waals surface area contributed by atoms with E-state index < -0.39 is 0 Å². The highest BCUT2D eigenvalue weighted by Crippen LogP contribution is 2.31. The Hall–Kier alpha value is -1.16. The predicted molar refractivity (Wildman–Crippen MR) is 54.6 cm³/mol. The number of rotatable bonds is 2. The Morgan fingerprint density at radius 3 is 3.13 bits per heavy atom.